The molecule has 0 aliphatic heterocycles. The molecule has 4 aromatic rings. The molecular formula is C24H18F2N2O4S. The highest BCUT2D eigenvalue weighted by Crippen LogP contribution is 2.34. The Morgan fingerprint density at radius 2 is 1.79 bits per heavy atom. The molecule has 2 aromatic carbocycles. The smallest absolute Gasteiger partial charge is 0.349 e. The van der Waals surface area contributed by atoms with E-state index >= 15 is 0 Å². The van der Waals surface area contributed by atoms with Crippen molar-refractivity contribution in [3.8, 4) is 34.4 Å². The molecule has 33 heavy (non-hydrogen) atoms. The summed E-state index contributed by atoms with van der Waals surface area (Å²) >= 11 is 0.908. The predicted octanol–water partition coefficient (Wildman–Crippen LogP) is 6.14. The Morgan fingerprint density at radius 1 is 1.03 bits per heavy atom. The third-order valence-corrected chi connectivity index (χ3v) is 5.54. The lowest BCUT2D eigenvalue weighted by molar-refractivity contribution is 0.0699. The quantitative estimate of drug-likeness (QED) is 0.338. The van der Waals surface area contributed by atoms with Gasteiger partial charge in [-0.15, -0.1) is 11.3 Å². The van der Waals surface area contributed by atoms with Crippen molar-refractivity contribution in [1.82, 2.24) is 4.98 Å². The second-order valence-electron chi connectivity index (χ2n) is 7.12. The van der Waals surface area contributed by atoms with Crippen molar-refractivity contribution in [2.45, 2.75) is 13.5 Å². The second-order valence-corrected chi connectivity index (χ2v) is 8.04. The number of ether oxygens (including phenoxy) is 2. The molecule has 0 saturated heterocycles. The summed E-state index contributed by atoms with van der Waals surface area (Å²) in [6.07, 6.45) is 0. The zero-order valence-corrected chi connectivity index (χ0v) is 18.2. The first-order valence-corrected chi connectivity index (χ1v) is 10.7. The van der Waals surface area contributed by atoms with E-state index in [4.69, 9.17) is 15.2 Å². The van der Waals surface area contributed by atoms with Crippen LogP contribution in [0.1, 0.15) is 20.8 Å². The van der Waals surface area contributed by atoms with E-state index in [0.717, 1.165) is 33.6 Å². The molecule has 0 spiro atoms. The molecule has 0 saturated carbocycles. The first-order valence-electron chi connectivity index (χ1n) is 9.77. The van der Waals surface area contributed by atoms with Crippen LogP contribution in [-0.2, 0) is 6.54 Å². The molecular weight excluding hydrogens is 450 g/mol. The standard InChI is InChI=1S/C24H18F2N2O4S/c1-13-7-16(15-4-2-3-14(9-15)12-27)10-17(8-13)31-22-18(25)11-19(26)23(28-22)32-20-5-6-33-21(20)24(29)30/h2-11H,12,27H2,1H3,(H,29,30). The maximum atomic E-state index is 14.4. The number of hydrogen-bond acceptors (Lipinski definition) is 6. The summed E-state index contributed by atoms with van der Waals surface area (Å²) < 4.78 is 39.6. The summed E-state index contributed by atoms with van der Waals surface area (Å²) in [7, 11) is 0. The fraction of sp³-hybridized carbons (Fsp3) is 0.0833. The number of benzene rings is 2. The molecule has 3 N–H and O–H groups in total. The van der Waals surface area contributed by atoms with Gasteiger partial charge in [0.05, 0.1) is 0 Å². The Balaban J connectivity index is 1.66. The molecule has 9 heteroatoms. The van der Waals surface area contributed by atoms with Crippen LogP contribution in [0.5, 0.6) is 23.3 Å². The highest BCUT2D eigenvalue weighted by Gasteiger charge is 2.20. The van der Waals surface area contributed by atoms with Gasteiger partial charge in [0.2, 0.25) is 0 Å². The molecule has 6 nitrogen and oxygen atoms in total. The molecule has 168 valence electrons. The lowest BCUT2D eigenvalue weighted by Gasteiger charge is -2.12. The van der Waals surface area contributed by atoms with Crippen molar-refractivity contribution >= 4 is 17.3 Å². The number of thiophene rings is 1. The second kappa shape index (κ2) is 9.35. The minimum atomic E-state index is -1.23. The molecule has 0 fully saturated rings. The minimum Gasteiger partial charge on any atom is -0.477 e. The van der Waals surface area contributed by atoms with Crippen LogP contribution >= 0.6 is 11.3 Å². The van der Waals surface area contributed by atoms with Crippen LogP contribution in [-0.4, -0.2) is 16.1 Å². The number of carboxylic acid groups (broad SMARTS) is 1. The third kappa shape index (κ3) is 5.00. The van der Waals surface area contributed by atoms with E-state index in [1.165, 1.54) is 11.4 Å². The number of aromatic nitrogens is 1. The van der Waals surface area contributed by atoms with E-state index < -0.39 is 29.4 Å². The van der Waals surface area contributed by atoms with Crippen LogP contribution in [0.3, 0.4) is 0 Å². The topological polar surface area (TPSA) is 94.7 Å². The highest BCUT2D eigenvalue weighted by molar-refractivity contribution is 7.12. The fourth-order valence-corrected chi connectivity index (χ4v) is 3.83. The molecule has 0 unspecified atom stereocenters. The maximum Gasteiger partial charge on any atom is 0.349 e. The van der Waals surface area contributed by atoms with E-state index in [9.17, 15) is 18.7 Å². The molecule has 0 bridgehead atoms. The van der Waals surface area contributed by atoms with E-state index in [1.54, 1.807) is 12.1 Å². The SMILES string of the molecule is Cc1cc(Oc2nc(Oc3ccsc3C(=O)O)c(F)cc2F)cc(-c2cccc(CN)c2)c1. The molecule has 0 aliphatic rings. The zero-order chi connectivity index (χ0) is 23.5. The number of rotatable bonds is 7. The number of nitrogens with zero attached hydrogens (tertiary/aromatic N) is 1. The average Bonchev–Trinajstić information content (AvgIpc) is 3.25. The van der Waals surface area contributed by atoms with Crippen LogP contribution in [0, 0.1) is 18.6 Å². The average molecular weight is 468 g/mol. The number of aromatic carboxylic acids is 1. The van der Waals surface area contributed by atoms with Gasteiger partial charge in [-0.1, -0.05) is 24.3 Å². The number of carboxylic acids is 1. The molecule has 2 heterocycles. The van der Waals surface area contributed by atoms with E-state index in [0.29, 0.717) is 12.6 Å². The van der Waals surface area contributed by atoms with Crippen molar-refractivity contribution in [3.05, 3.63) is 87.6 Å². The van der Waals surface area contributed by atoms with Crippen molar-refractivity contribution in [2.24, 2.45) is 5.73 Å². The van der Waals surface area contributed by atoms with E-state index in [1.807, 2.05) is 37.3 Å². The molecule has 0 amide bonds. The Morgan fingerprint density at radius 3 is 2.52 bits per heavy atom. The fourth-order valence-electron chi connectivity index (χ4n) is 3.18. The largest absolute Gasteiger partial charge is 0.477 e. The van der Waals surface area contributed by atoms with Crippen molar-refractivity contribution in [2.75, 3.05) is 0 Å². The van der Waals surface area contributed by atoms with Crippen LogP contribution in [0.15, 0.2) is 60.0 Å². The minimum absolute atomic E-state index is 0.103. The van der Waals surface area contributed by atoms with Gasteiger partial charge < -0.3 is 20.3 Å². The van der Waals surface area contributed by atoms with Crippen LogP contribution in [0.25, 0.3) is 11.1 Å². The lowest BCUT2D eigenvalue weighted by atomic mass is 10.0. The molecule has 4 rings (SSSR count). The van der Waals surface area contributed by atoms with E-state index in [2.05, 4.69) is 4.98 Å². The van der Waals surface area contributed by atoms with E-state index in [-0.39, 0.29) is 16.4 Å². The molecule has 2 aromatic heterocycles. The van der Waals surface area contributed by atoms with Gasteiger partial charge in [0.1, 0.15) is 5.75 Å². The lowest BCUT2D eigenvalue weighted by Crippen LogP contribution is -2.01. The number of pyridine rings is 1. The normalized spacial score (nSPS) is 10.8. The first kappa shape index (κ1) is 22.4. The van der Waals surface area contributed by atoms with Crippen molar-refractivity contribution in [3.63, 3.8) is 0 Å². The summed E-state index contributed by atoms with van der Waals surface area (Å²) in [6, 6.07) is 14.9. The number of halogens is 2. The number of nitrogens with two attached hydrogens (primary N) is 1. The number of carbonyl (C=O) groups is 1. The van der Waals surface area contributed by atoms with Gasteiger partial charge in [0.25, 0.3) is 11.8 Å². The Kier molecular flexibility index (Phi) is 6.34. The van der Waals surface area contributed by atoms with Crippen LogP contribution in [0.2, 0.25) is 0 Å². The van der Waals surface area contributed by atoms with Crippen LogP contribution in [0.4, 0.5) is 8.78 Å². The summed E-state index contributed by atoms with van der Waals surface area (Å²) in [5.41, 5.74) is 9.26. The molecule has 0 atom stereocenters. The van der Waals surface area contributed by atoms with Gasteiger partial charge in [-0.25, -0.2) is 13.6 Å². The monoisotopic (exact) mass is 468 g/mol. The van der Waals surface area contributed by atoms with Crippen LogP contribution < -0.4 is 15.2 Å². The summed E-state index contributed by atoms with van der Waals surface area (Å²) in [5.74, 6) is -4.28. The van der Waals surface area contributed by atoms with Crippen molar-refractivity contribution in [1.29, 1.82) is 0 Å². The summed E-state index contributed by atoms with van der Waals surface area (Å²) in [4.78, 5) is 14.9. The summed E-state index contributed by atoms with van der Waals surface area (Å²) in [5, 5.41) is 10.7. The summed E-state index contributed by atoms with van der Waals surface area (Å²) in [6.45, 7) is 2.25. The zero-order valence-electron chi connectivity index (χ0n) is 17.3. The van der Waals surface area contributed by atoms with Crippen molar-refractivity contribution < 1.29 is 28.2 Å². The Labute approximate surface area is 191 Å². The Hall–Kier alpha value is -3.82. The first-order chi connectivity index (χ1) is 15.8. The van der Waals surface area contributed by atoms with Gasteiger partial charge in [-0.05, 0) is 58.8 Å². The van der Waals surface area contributed by atoms with Gasteiger partial charge >= 0.3 is 5.97 Å². The Bertz CT molecular complexity index is 1340. The number of hydrogen-bond donors (Lipinski definition) is 2. The highest BCUT2D eigenvalue weighted by atomic mass is 32.1. The molecule has 0 radical (unpaired) electrons. The van der Waals surface area contributed by atoms with Gasteiger partial charge in [-0.3, -0.25) is 0 Å². The van der Waals surface area contributed by atoms with Gasteiger partial charge in [0, 0.05) is 12.6 Å². The maximum absolute atomic E-state index is 14.4. The van der Waals surface area contributed by atoms with Gasteiger partial charge in [-0.2, -0.15) is 4.98 Å². The third-order valence-electron chi connectivity index (χ3n) is 4.66. The number of aryl methyl sites for hydroxylation is 1. The molecule has 0 aliphatic carbocycles. The predicted molar refractivity (Wildman–Crippen MR) is 120 cm³/mol. The van der Waals surface area contributed by atoms with Gasteiger partial charge in [0.15, 0.2) is 22.3 Å².